The lowest BCUT2D eigenvalue weighted by Crippen LogP contribution is -2.06. The van der Waals surface area contributed by atoms with E-state index in [0.29, 0.717) is 12.5 Å². The summed E-state index contributed by atoms with van der Waals surface area (Å²) in [5, 5.41) is 7.80. The zero-order valence-electron chi connectivity index (χ0n) is 14.6. The van der Waals surface area contributed by atoms with Gasteiger partial charge in [0, 0.05) is 17.6 Å². The van der Waals surface area contributed by atoms with E-state index in [0.717, 1.165) is 22.4 Å². The second-order valence-corrected chi connectivity index (χ2v) is 6.19. The number of aromatic nitrogens is 2. The summed E-state index contributed by atoms with van der Waals surface area (Å²) in [7, 11) is 0. The maximum Gasteiger partial charge on any atom is 0.225 e. The van der Waals surface area contributed by atoms with Gasteiger partial charge in [0.25, 0.3) is 0 Å². The van der Waals surface area contributed by atoms with Crippen LogP contribution in [0.15, 0.2) is 78.9 Å². The van der Waals surface area contributed by atoms with E-state index in [1.54, 1.807) is 0 Å². The number of aryl methyl sites for hydroxylation is 1. The van der Waals surface area contributed by atoms with Crippen molar-refractivity contribution in [2.75, 3.05) is 10.6 Å². The lowest BCUT2D eigenvalue weighted by atomic mass is 10.2. The highest BCUT2D eigenvalue weighted by molar-refractivity contribution is 5.91. The van der Waals surface area contributed by atoms with Crippen LogP contribution >= 0.6 is 0 Å². The first-order chi connectivity index (χ1) is 12.8. The molecule has 4 rings (SSSR count). The molecule has 128 valence electrons. The number of nitrogens with zero attached hydrogens (tertiary/aromatic N) is 2. The standard InChI is InChI=1S/C22H20N4/c1-16-9-5-7-13-19(16)24-21-18-12-6-8-14-20(18)25-22(26-21)23-15-17-10-3-2-4-11-17/h2-14H,15H2,1H3,(H2,23,24,25,26). The van der Waals surface area contributed by atoms with Gasteiger partial charge in [-0.3, -0.25) is 0 Å². The van der Waals surface area contributed by atoms with Crippen molar-refractivity contribution in [1.82, 2.24) is 9.97 Å². The molecule has 3 aromatic carbocycles. The van der Waals surface area contributed by atoms with Crippen LogP contribution in [0.2, 0.25) is 0 Å². The molecule has 0 saturated carbocycles. The van der Waals surface area contributed by atoms with Crippen molar-refractivity contribution in [3.63, 3.8) is 0 Å². The van der Waals surface area contributed by atoms with Gasteiger partial charge < -0.3 is 10.6 Å². The van der Waals surface area contributed by atoms with Crippen molar-refractivity contribution in [3.05, 3.63) is 90.0 Å². The monoisotopic (exact) mass is 340 g/mol. The van der Waals surface area contributed by atoms with Crippen molar-refractivity contribution < 1.29 is 0 Å². The van der Waals surface area contributed by atoms with Gasteiger partial charge >= 0.3 is 0 Å². The molecule has 0 radical (unpaired) electrons. The fourth-order valence-electron chi connectivity index (χ4n) is 2.87. The maximum absolute atomic E-state index is 4.72. The fraction of sp³-hybridized carbons (Fsp3) is 0.0909. The van der Waals surface area contributed by atoms with Crippen molar-refractivity contribution in [1.29, 1.82) is 0 Å². The number of rotatable bonds is 5. The first-order valence-corrected chi connectivity index (χ1v) is 8.67. The summed E-state index contributed by atoms with van der Waals surface area (Å²) in [5.74, 6) is 1.42. The smallest absolute Gasteiger partial charge is 0.225 e. The van der Waals surface area contributed by atoms with Gasteiger partial charge in [-0.1, -0.05) is 60.7 Å². The minimum atomic E-state index is 0.614. The highest BCUT2D eigenvalue weighted by Gasteiger charge is 2.09. The average Bonchev–Trinajstić information content (AvgIpc) is 2.69. The van der Waals surface area contributed by atoms with E-state index >= 15 is 0 Å². The maximum atomic E-state index is 4.72. The molecule has 0 bridgehead atoms. The number of anilines is 3. The second-order valence-electron chi connectivity index (χ2n) is 6.19. The molecule has 0 spiro atoms. The molecular formula is C22H20N4. The largest absolute Gasteiger partial charge is 0.350 e. The van der Waals surface area contributed by atoms with Crippen LogP contribution < -0.4 is 10.6 Å². The van der Waals surface area contributed by atoms with Crippen molar-refractivity contribution in [3.8, 4) is 0 Å². The fourth-order valence-corrected chi connectivity index (χ4v) is 2.87. The van der Waals surface area contributed by atoms with Gasteiger partial charge in [0.05, 0.1) is 5.52 Å². The number of hydrogen-bond donors (Lipinski definition) is 2. The Hall–Kier alpha value is -3.40. The molecule has 4 aromatic rings. The summed E-state index contributed by atoms with van der Waals surface area (Å²) < 4.78 is 0. The Labute approximate surface area is 152 Å². The molecule has 0 aliphatic heterocycles. The summed E-state index contributed by atoms with van der Waals surface area (Å²) in [6.07, 6.45) is 0. The zero-order chi connectivity index (χ0) is 17.8. The topological polar surface area (TPSA) is 49.8 Å². The zero-order valence-corrected chi connectivity index (χ0v) is 14.6. The van der Waals surface area contributed by atoms with Gasteiger partial charge in [-0.2, -0.15) is 4.98 Å². The highest BCUT2D eigenvalue weighted by atomic mass is 15.1. The highest BCUT2D eigenvalue weighted by Crippen LogP contribution is 2.26. The van der Waals surface area contributed by atoms with Gasteiger partial charge in [-0.05, 0) is 36.2 Å². The number of nitrogens with one attached hydrogen (secondary N) is 2. The van der Waals surface area contributed by atoms with Gasteiger partial charge in [0.15, 0.2) is 0 Å². The SMILES string of the molecule is Cc1ccccc1Nc1nc(NCc2ccccc2)nc2ccccc12. The van der Waals surface area contributed by atoms with Crippen LogP contribution in [0.4, 0.5) is 17.5 Å². The number of benzene rings is 3. The second kappa shape index (κ2) is 7.23. The summed E-state index contributed by atoms with van der Waals surface area (Å²) in [4.78, 5) is 9.37. The summed E-state index contributed by atoms with van der Waals surface area (Å²) in [5.41, 5.74) is 4.33. The van der Waals surface area contributed by atoms with Crippen LogP contribution in [0.3, 0.4) is 0 Å². The minimum absolute atomic E-state index is 0.614. The Kier molecular flexibility index (Phi) is 4.48. The van der Waals surface area contributed by atoms with Crippen molar-refractivity contribution in [2.24, 2.45) is 0 Å². The molecule has 0 aliphatic rings. The summed E-state index contributed by atoms with van der Waals surface area (Å²) in [6.45, 7) is 2.77. The molecule has 4 nitrogen and oxygen atoms in total. The summed E-state index contributed by atoms with van der Waals surface area (Å²) in [6, 6.07) is 26.5. The first kappa shape index (κ1) is 16.1. The molecule has 0 amide bonds. The molecule has 0 fully saturated rings. The van der Waals surface area contributed by atoms with Crippen LogP contribution in [-0.2, 0) is 6.54 Å². The van der Waals surface area contributed by atoms with Gasteiger partial charge in [0.2, 0.25) is 5.95 Å². The Morgan fingerprint density at radius 3 is 2.35 bits per heavy atom. The van der Waals surface area contributed by atoms with Gasteiger partial charge in [-0.25, -0.2) is 4.98 Å². The number of para-hydroxylation sites is 2. The minimum Gasteiger partial charge on any atom is -0.350 e. The van der Waals surface area contributed by atoms with E-state index in [9.17, 15) is 0 Å². The number of hydrogen-bond acceptors (Lipinski definition) is 4. The third-order valence-electron chi connectivity index (χ3n) is 4.29. The molecule has 1 aromatic heterocycles. The van der Waals surface area contributed by atoms with Gasteiger partial charge in [0.1, 0.15) is 5.82 Å². The molecule has 0 aliphatic carbocycles. The van der Waals surface area contributed by atoms with Crippen LogP contribution in [-0.4, -0.2) is 9.97 Å². The molecular weight excluding hydrogens is 320 g/mol. The quantitative estimate of drug-likeness (QED) is 0.518. The Bertz CT molecular complexity index is 1030. The molecule has 0 unspecified atom stereocenters. The van der Waals surface area contributed by atoms with Crippen molar-refractivity contribution in [2.45, 2.75) is 13.5 Å². The average molecular weight is 340 g/mol. The van der Waals surface area contributed by atoms with Crippen LogP contribution in [0, 0.1) is 6.92 Å². The first-order valence-electron chi connectivity index (χ1n) is 8.67. The van der Waals surface area contributed by atoms with E-state index in [4.69, 9.17) is 4.98 Å². The lowest BCUT2D eigenvalue weighted by Gasteiger charge is -2.13. The Morgan fingerprint density at radius 1 is 0.769 bits per heavy atom. The van der Waals surface area contributed by atoms with Crippen LogP contribution in [0.25, 0.3) is 10.9 Å². The molecule has 2 N–H and O–H groups in total. The van der Waals surface area contributed by atoms with E-state index in [1.165, 1.54) is 11.1 Å². The van der Waals surface area contributed by atoms with E-state index in [2.05, 4.69) is 46.8 Å². The van der Waals surface area contributed by atoms with Crippen LogP contribution in [0.1, 0.15) is 11.1 Å². The van der Waals surface area contributed by atoms with E-state index in [1.807, 2.05) is 54.6 Å². The molecule has 0 atom stereocenters. The molecule has 0 saturated heterocycles. The third kappa shape index (κ3) is 3.49. The molecule has 4 heteroatoms. The number of fused-ring (bicyclic) bond motifs is 1. The summed E-state index contributed by atoms with van der Waals surface area (Å²) >= 11 is 0. The predicted octanol–water partition coefficient (Wildman–Crippen LogP) is 5.29. The Balaban J connectivity index is 1.68. The normalized spacial score (nSPS) is 10.7. The van der Waals surface area contributed by atoms with Gasteiger partial charge in [-0.15, -0.1) is 0 Å². The van der Waals surface area contributed by atoms with E-state index in [-0.39, 0.29) is 0 Å². The predicted molar refractivity (Wildman–Crippen MR) is 108 cm³/mol. The van der Waals surface area contributed by atoms with E-state index < -0.39 is 0 Å². The van der Waals surface area contributed by atoms with Crippen LogP contribution in [0.5, 0.6) is 0 Å². The third-order valence-corrected chi connectivity index (χ3v) is 4.29. The molecule has 1 heterocycles. The molecule has 26 heavy (non-hydrogen) atoms. The van der Waals surface area contributed by atoms with Crippen molar-refractivity contribution >= 4 is 28.4 Å². The lowest BCUT2D eigenvalue weighted by molar-refractivity contribution is 1.07. The Morgan fingerprint density at radius 2 is 1.50 bits per heavy atom.